The van der Waals surface area contributed by atoms with E-state index in [-0.39, 0.29) is 6.61 Å². The molecular formula is C17H18N4O5. The molecule has 9 heteroatoms. The maximum Gasteiger partial charge on any atom is 0.329 e. The molecule has 1 aromatic rings. The summed E-state index contributed by atoms with van der Waals surface area (Å²) in [5.41, 5.74) is 6.48. The highest BCUT2D eigenvalue weighted by atomic mass is 16.6. The van der Waals surface area contributed by atoms with Crippen molar-refractivity contribution in [3.8, 4) is 6.07 Å². The lowest BCUT2D eigenvalue weighted by atomic mass is 10.0. The van der Waals surface area contributed by atoms with Gasteiger partial charge in [-0.05, 0) is 25.0 Å². The average Bonchev–Trinajstić information content (AvgIpc) is 3.00. The molecule has 0 aliphatic carbocycles. The van der Waals surface area contributed by atoms with Crippen LogP contribution in [0.2, 0.25) is 0 Å². The number of primary amides is 1. The Hall–Kier alpha value is -3.41. The number of para-hydroxylation sites is 1. The number of hydrogen-bond donors (Lipinski definition) is 1. The van der Waals surface area contributed by atoms with Crippen LogP contribution < -0.4 is 10.6 Å². The molecule has 1 aliphatic heterocycles. The van der Waals surface area contributed by atoms with Crippen molar-refractivity contribution in [2.45, 2.75) is 26.3 Å². The first-order valence-electron chi connectivity index (χ1n) is 7.81. The fourth-order valence-corrected chi connectivity index (χ4v) is 2.70. The molecule has 1 atom stereocenters. The molecule has 9 nitrogen and oxygen atoms in total. The Labute approximate surface area is 149 Å². The number of benzene rings is 1. The van der Waals surface area contributed by atoms with Gasteiger partial charge in [0, 0.05) is 6.42 Å². The number of cyclic esters (lactones) is 1. The van der Waals surface area contributed by atoms with E-state index >= 15 is 0 Å². The number of esters is 1. The van der Waals surface area contributed by atoms with Crippen LogP contribution in [0, 0.1) is 25.2 Å². The molecule has 0 aromatic heterocycles. The predicted octanol–water partition coefficient (Wildman–Crippen LogP) is 0.333. The number of hydrogen-bond acceptors (Lipinski definition) is 7. The first kappa shape index (κ1) is 18.9. The second-order valence-corrected chi connectivity index (χ2v) is 5.67. The number of nitrogens with zero attached hydrogens (tertiary/aromatic N) is 3. The van der Waals surface area contributed by atoms with Crippen LogP contribution in [-0.2, 0) is 24.0 Å². The number of oxime groups is 1. The van der Waals surface area contributed by atoms with Crippen molar-refractivity contribution in [3.63, 3.8) is 0 Å². The lowest BCUT2D eigenvalue weighted by Crippen LogP contribution is -2.45. The number of anilines is 1. The fourth-order valence-electron chi connectivity index (χ4n) is 2.70. The number of carbonyl (C=O) groups is 3. The maximum atomic E-state index is 12.7. The van der Waals surface area contributed by atoms with Crippen LogP contribution in [-0.4, -0.2) is 42.8 Å². The zero-order valence-corrected chi connectivity index (χ0v) is 14.4. The molecule has 1 saturated heterocycles. The van der Waals surface area contributed by atoms with Crippen LogP contribution in [0.25, 0.3) is 0 Å². The van der Waals surface area contributed by atoms with Gasteiger partial charge in [-0.2, -0.15) is 5.26 Å². The summed E-state index contributed by atoms with van der Waals surface area (Å²) >= 11 is 0. The zero-order chi connectivity index (χ0) is 19.3. The molecule has 0 saturated carbocycles. The highest BCUT2D eigenvalue weighted by molar-refractivity contribution is 6.44. The molecule has 0 radical (unpaired) electrons. The molecule has 2 amide bonds. The molecule has 1 aliphatic rings. The summed E-state index contributed by atoms with van der Waals surface area (Å²) in [6.07, 6.45) is 0.354. The van der Waals surface area contributed by atoms with Crippen molar-refractivity contribution < 1.29 is 24.0 Å². The summed E-state index contributed by atoms with van der Waals surface area (Å²) in [5, 5.41) is 12.0. The number of amides is 2. The van der Waals surface area contributed by atoms with E-state index in [2.05, 4.69) is 5.16 Å². The van der Waals surface area contributed by atoms with Gasteiger partial charge in [-0.15, -0.1) is 0 Å². The van der Waals surface area contributed by atoms with Gasteiger partial charge in [0.2, 0.25) is 5.71 Å². The summed E-state index contributed by atoms with van der Waals surface area (Å²) in [4.78, 5) is 41.9. The van der Waals surface area contributed by atoms with Crippen molar-refractivity contribution in [2.24, 2.45) is 10.9 Å². The molecule has 1 aromatic carbocycles. The second kappa shape index (κ2) is 8.11. The molecular weight excluding hydrogens is 340 g/mol. The number of carbonyl (C=O) groups excluding carboxylic acids is 3. The summed E-state index contributed by atoms with van der Waals surface area (Å²) in [5.74, 6) is -2.12. The van der Waals surface area contributed by atoms with Crippen LogP contribution in [0.1, 0.15) is 17.5 Å². The van der Waals surface area contributed by atoms with E-state index in [9.17, 15) is 14.4 Å². The van der Waals surface area contributed by atoms with E-state index in [1.54, 1.807) is 0 Å². The van der Waals surface area contributed by atoms with Gasteiger partial charge < -0.3 is 15.3 Å². The van der Waals surface area contributed by atoms with Crippen molar-refractivity contribution in [1.29, 1.82) is 5.26 Å². The van der Waals surface area contributed by atoms with Crippen molar-refractivity contribution in [1.82, 2.24) is 0 Å². The van der Waals surface area contributed by atoms with Gasteiger partial charge in [0.1, 0.15) is 12.1 Å². The highest BCUT2D eigenvalue weighted by Gasteiger charge is 2.37. The molecule has 136 valence electrons. The first-order valence-corrected chi connectivity index (χ1v) is 7.81. The molecule has 1 heterocycles. The highest BCUT2D eigenvalue weighted by Crippen LogP contribution is 2.29. The number of nitriles is 1. The van der Waals surface area contributed by atoms with Crippen molar-refractivity contribution in [2.75, 3.05) is 18.1 Å². The third-order valence-electron chi connectivity index (χ3n) is 3.85. The van der Waals surface area contributed by atoms with E-state index in [0.29, 0.717) is 12.1 Å². The van der Waals surface area contributed by atoms with Gasteiger partial charge in [0.25, 0.3) is 11.8 Å². The number of nitrogens with two attached hydrogens (primary N) is 1. The Morgan fingerprint density at radius 1 is 1.42 bits per heavy atom. The van der Waals surface area contributed by atoms with E-state index in [0.717, 1.165) is 11.1 Å². The minimum atomic E-state index is -1.06. The first-order chi connectivity index (χ1) is 12.4. The Morgan fingerprint density at radius 3 is 2.58 bits per heavy atom. The summed E-state index contributed by atoms with van der Waals surface area (Å²) in [6, 6.07) is 6.18. The van der Waals surface area contributed by atoms with E-state index in [4.69, 9.17) is 20.6 Å². The molecule has 1 fully saturated rings. The van der Waals surface area contributed by atoms with Gasteiger partial charge in [0.15, 0.2) is 6.61 Å². The van der Waals surface area contributed by atoms with Crippen LogP contribution in [0.15, 0.2) is 23.4 Å². The topological polar surface area (TPSA) is 135 Å². The van der Waals surface area contributed by atoms with Crippen molar-refractivity contribution >= 4 is 29.2 Å². The third kappa shape index (κ3) is 3.97. The standard InChI is InChI=1S/C17H18N4O5/c1-10-4-3-5-11(2)15(10)21(13-6-7-25-17(13)24)14(22)9-26-20-12(8-18)16(19)23/h3-5,13H,6-7,9H2,1-2H3,(H2,19,23). The smallest absolute Gasteiger partial charge is 0.329 e. The number of ether oxygens (including phenoxy) is 1. The van der Waals surface area contributed by atoms with Crippen LogP contribution in [0.5, 0.6) is 0 Å². The Kier molecular flexibility index (Phi) is 5.90. The van der Waals surface area contributed by atoms with Crippen molar-refractivity contribution in [3.05, 3.63) is 29.3 Å². The minimum Gasteiger partial charge on any atom is -0.464 e. The number of rotatable bonds is 6. The summed E-state index contributed by atoms with van der Waals surface area (Å²) in [7, 11) is 0. The van der Waals surface area contributed by atoms with E-state index < -0.39 is 36.1 Å². The van der Waals surface area contributed by atoms with Gasteiger partial charge in [-0.1, -0.05) is 23.4 Å². The summed E-state index contributed by atoms with van der Waals surface area (Å²) in [6.45, 7) is 3.29. The Bertz CT molecular complexity index is 792. The van der Waals surface area contributed by atoms with Crippen LogP contribution in [0.4, 0.5) is 5.69 Å². The van der Waals surface area contributed by atoms with Crippen LogP contribution in [0.3, 0.4) is 0 Å². The quantitative estimate of drug-likeness (QED) is 0.442. The van der Waals surface area contributed by atoms with Crippen LogP contribution >= 0.6 is 0 Å². The lowest BCUT2D eigenvalue weighted by Gasteiger charge is -2.29. The van der Waals surface area contributed by atoms with Gasteiger partial charge in [-0.3, -0.25) is 14.5 Å². The molecule has 1 unspecified atom stereocenters. The van der Waals surface area contributed by atoms with Gasteiger partial charge in [0.05, 0.1) is 12.3 Å². The molecule has 26 heavy (non-hydrogen) atoms. The molecule has 2 N–H and O–H groups in total. The average molecular weight is 358 g/mol. The summed E-state index contributed by atoms with van der Waals surface area (Å²) < 4.78 is 4.98. The Balaban J connectivity index is 2.30. The molecule has 0 bridgehead atoms. The zero-order valence-electron chi connectivity index (χ0n) is 14.4. The lowest BCUT2D eigenvalue weighted by molar-refractivity contribution is -0.140. The Morgan fingerprint density at radius 2 is 2.08 bits per heavy atom. The monoisotopic (exact) mass is 358 g/mol. The van der Waals surface area contributed by atoms with Gasteiger partial charge >= 0.3 is 5.97 Å². The second-order valence-electron chi connectivity index (χ2n) is 5.67. The number of aryl methyl sites for hydroxylation is 2. The maximum absolute atomic E-state index is 12.7. The molecule has 0 spiro atoms. The largest absolute Gasteiger partial charge is 0.464 e. The van der Waals surface area contributed by atoms with E-state index in [1.165, 1.54) is 11.0 Å². The minimum absolute atomic E-state index is 0.220. The fraction of sp³-hybridized carbons (Fsp3) is 0.353. The SMILES string of the molecule is Cc1cccc(C)c1N(C(=O)CON=C(C#N)C(N)=O)C1CCOC1=O. The van der Waals surface area contributed by atoms with Gasteiger partial charge in [-0.25, -0.2) is 4.79 Å². The predicted molar refractivity (Wildman–Crippen MR) is 91.0 cm³/mol. The normalized spacial score (nSPS) is 16.6. The third-order valence-corrected chi connectivity index (χ3v) is 3.85. The van der Waals surface area contributed by atoms with E-state index in [1.807, 2.05) is 32.0 Å². The molecule has 2 rings (SSSR count).